The molecule has 0 amide bonds. The van der Waals surface area contributed by atoms with Gasteiger partial charge in [0.2, 0.25) is 0 Å². The molecule has 1 rings (SSSR count). The number of hydrogen-bond donors (Lipinski definition) is 2. The van der Waals surface area contributed by atoms with E-state index in [4.69, 9.17) is 0 Å². The van der Waals surface area contributed by atoms with Gasteiger partial charge in [0.15, 0.2) is 0 Å². The summed E-state index contributed by atoms with van der Waals surface area (Å²) >= 11 is 1.92. The molecule has 2 nitrogen and oxygen atoms in total. The molecule has 1 saturated carbocycles. The van der Waals surface area contributed by atoms with E-state index >= 15 is 0 Å². The Morgan fingerprint density at radius 3 is 2.88 bits per heavy atom. The van der Waals surface area contributed by atoms with E-state index < -0.39 is 0 Å². The molecule has 1 fully saturated rings. The minimum Gasteiger partial charge on any atom is -0.394 e. The maximum absolute atomic E-state index is 9.60. The maximum Gasteiger partial charge on any atom is 0.0613 e. The zero-order chi connectivity index (χ0) is 11.9. The number of nitrogens with one attached hydrogen (secondary N) is 1. The van der Waals surface area contributed by atoms with Gasteiger partial charge in [0.25, 0.3) is 0 Å². The molecule has 0 bridgehead atoms. The third-order valence-corrected chi connectivity index (χ3v) is 4.37. The lowest BCUT2D eigenvalue weighted by Gasteiger charge is -2.39. The van der Waals surface area contributed by atoms with Gasteiger partial charge in [-0.3, -0.25) is 0 Å². The van der Waals surface area contributed by atoms with Gasteiger partial charge in [-0.2, -0.15) is 11.8 Å². The van der Waals surface area contributed by atoms with Gasteiger partial charge in [-0.15, -0.1) is 0 Å². The van der Waals surface area contributed by atoms with E-state index in [0.717, 1.165) is 25.3 Å². The average molecular weight is 245 g/mol. The predicted molar refractivity (Wildman–Crippen MR) is 73.1 cm³/mol. The Morgan fingerprint density at radius 2 is 2.25 bits per heavy atom. The molecule has 2 N–H and O–H groups in total. The SMILES string of the molecule is CSCCCCNC1(CO)CCCC(C)C1. The first kappa shape index (κ1) is 14.3. The van der Waals surface area contributed by atoms with Gasteiger partial charge in [-0.25, -0.2) is 0 Å². The number of unbranched alkanes of at least 4 members (excludes halogenated alkanes) is 1. The molecule has 2 unspecified atom stereocenters. The minimum atomic E-state index is 0.0387. The van der Waals surface area contributed by atoms with Crippen molar-refractivity contribution in [3.05, 3.63) is 0 Å². The fraction of sp³-hybridized carbons (Fsp3) is 1.00. The molecule has 0 aromatic rings. The summed E-state index contributed by atoms with van der Waals surface area (Å²) in [4.78, 5) is 0. The zero-order valence-corrected chi connectivity index (χ0v) is 11.6. The molecule has 96 valence electrons. The van der Waals surface area contributed by atoms with Gasteiger partial charge < -0.3 is 10.4 Å². The van der Waals surface area contributed by atoms with E-state index in [1.807, 2.05) is 11.8 Å². The van der Waals surface area contributed by atoms with Crippen molar-refractivity contribution in [3.63, 3.8) is 0 Å². The van der Waals surface area contributed by atoms with Gasteiger partial charge in [0.1, 0.15) is 0 Å². The quantitative estimate of drug-likeness (QED) is 0.676. The molecule has 3 heteroatoms. The second kappa shape index (κ2) is 7.57. The first-order valence-electron chi connectivity index (χ1n) is 6.57. The van der Waals surface area contributed by atoms with E-state index in [1.165, 1.54) is 31.4 Å². The number of aliphatic hydroxyl groups is 1. The van der Waals surface area contributed by atoms with Crippen LogP contribution >= 0.6 is 11.8 Å². The van der Waals surface area contributed by atoms with Crippen molar-refractivity contribution >= 4 is 11.8 Å². The molecular weight excluding hydrogens is 218 g/mol. The highest BCUT2D eigenvalue weighted by atomic mass is 32.2. The van der Waals surface area contributed by atoms with Crippen LogP contribution in [-0.2, 0) is 0 Å². The Balaban J connectivity index is 2.24. The summed E-state index contributed by atoms with van der Waals surface area (Å²) in [5.41, 5.74) is 0.0387. The standard InChI is InChI=1S/C13H27NOS/c1-12-6-5-7-13(10-12,11-15)14-8-3-4-9-16-2/h12,14-15H,3-11H2,1-2H3. The van der Waals surface area contributed by atoms with E-state index in [9.17, 15) is 5.11 Å². The predicted octanol–water partition coefficient (Wildman–Crippen LogP) is 2.66. The number of hydrogen-bond acceptors (Lipinski definition) is 3. The Kier molecular flexibility index (Phi) is 6.78. The molecule has 2 atom stereocenters. The van der Waals surface area contributed by atoms with Crippen LogP contribution in [0, 0.1) is 5.92 Å². The van der Waals surface area contributed by atoms with Crippen LogP contribution < -0.4 is 5.32 Å². The van der Waals surface area contributed by atoms with E-state index in [1.54, 1.807) is 0 Å². The van der Waals surface area contributed by atoms with Gasteiger partial charge in [-0.05, 0) is 50.2 Å². The van der Waals surface area contributed by atoms with Crippen molar-refractivity contribution in [1.29, 1.82) is 0 Å². The van der Waals surface area contributed by atoms with Crippen LogP contribution in [-0.4, -0.2) is 35.8 Å². The van der Waals surface area contributed by atoms with Crippen LogP contribution in [0.2, 0.25) is 0 Å². The fourth-order valence-corrected chi connectivity index (χ4v) is 3.24. The highest BCUT2D eigenvalue weighted by molar-refractivity contribution is 7.98. The Labute approximate surface area is 105 Å². The van der Waals surface area contributed by atoms with Crippen molar-refractivity contribution < 1.29 is 5.11 Å². The number of thioether (sulfide) groups is 1. The largest absolute Gasteiger partial charge is 0.394 e. The molecule has 0 saturated heterocycles. The van der Waals surface area contributed by atoms with Crippen molar-refractivity contribution in [2.45, 2.75) is 51.0 Å². The summed E-state index contributed by atoms with van der Waals surface area (Å²) < 4.78 is 0. The lowest BCUT2D eigenvalue weighted by Crippen LogP contribution is -2.51. The Hall–Kier alpha value is 0.270. The number of rotatable bonds is 7. The molecule has 1 aliphatic rings. The first-order valence-corrected chi connectivity index (χ1v) is 7.97. The Bertz CT molecular complexity index is 189. The maximum atomic E-state index is 9.60. The minimum absolute atomic E-state index is 0.0387. The van der Waals surface area contributed by atoms with Crippen LogP contribution in [0.5, 0.6) is 0 Å². The molecule has 1 aliphatic carbocycles. The van der Waals surface area contributed by atoms with E-state index in [-0.39, 0.29) is 5.54 Å². The lowest BCUT2D eigenvalue weighted by atomic mass is 9.77. The third-order valence-electron chi connectivity index (χ3n) is 3.67. The van der Waals surface area contributed by atoms with Crippen LogP contribution in [0.15, 0.2) is 0 Å². The zero-order valence-electron chi connectivity index (χ0n) is 10.8. The molecule has 0 spiro atoms. The average Bonchev–Trinajstić information content (AvgIpc) is 2.29. The molecule has 0 aromatic carbocycles. The van der Waals surface area contributed by atoms with Gasteiger partial charge in [0, 0.05) is 5.54 Å². The van der Waals surface area contributed by atoms with Gasteiger partial charge in [-0.1, -0.05) is 19.8 Å². The van der Waals surface area contributed by atoms with Crippen LogP contribution in [0.1, 0.15) is 45.4 Å². The van der Waals surface area contributed by atoms with E-state index in [2.05, 4.69) is 18.5 Å². The second-order valence-corrected chi connectivity index (χ2v) is 6.25. The highest BCUT2D eigenvalue weighted by Crippen LogP contribution is 2.31. The smallest absolute Gasteiger partial charge is 0.0613 e. The normalized spacial score (nSPS) is 30.6. The Morgan fingerprint density at radius 1 is 1.44 bits per heavy atom. The van der Waals surface area contributed by atoms with Crippen LogP contribution in [0.3, 0.4) is 0 Å². The topological polar surface area (TPSA) is 32.3 Å². The molecule has 16 heavy (non-hydrogen) atoms. The first-order chi connectivity index (χ1) is 7.72. The van der Waals surface area contributed by atoms with Gasteiger partial charge >= 0.3 is 0 Å². The molecule has 0 heterocycles. The lowest BCUT2D eigenvalue weighted by molar-refractivity contribution is 0.0997. The summed E-state index contributed by atoms with van der Waals surface area (Å²) in [5, 5.41) is 13.2. The van der Waals surface area contributed by atoms with Gasteiger partial charge in [0.05, 0.1) is 6.61 Å². The molecule has 0 aromatic heterocycles. The second-order valence-electron chi connectivity index (χ2n) is 5.27. The van der Waals surface area contributed by atoms with E-state index in [0.29, 0.717) is 6.61 Å². The van der Waals surface area contributed by atoms with Crippen molar-refractivity contribution in [2.75, 3.05) is 25.2 Å². The summed E-state index contributed by atoms with van der Waals surface area (Å²) in [5.74, 6) is 2.02. The summed E-state index contributed by atoms with van der Waals surface area (Å²) in [7, 11) is 0. The third kappa shape index (κ3) is 4.64. The van der Waals surface area contributed by atoms with Crippen molar-refractivity contribution in [2.24, 2.45) is 5.92 Å². The molecule has 0 aliphatic heterocycles. The monoisotopic (exact) mass is 245 g/mol. The van der Waals surface area contributed by atoms with Crippen LogP contribution in [0.4, 0.5) is 0 Å². The van der Waals surface area contributed by atoms with Crippen molar-refractivity contribution in [1.82, 2.24) is 5.32 Å². The highest BCUT2D eigenvalue weighted by Gasteiger charge is 2.33. The number of aliphatic hydroxyl groups excluding tert-OH is 1. The fourth-order valence-electron chi connectivity index (χ4n) is 2.75. The summed E-state index contributed by atoms with van der Waals surface area (Å²) in [6.45, 7) is 3.67. The molecular formula is C13H27NOS. The summed E-state index contributed by atoms with van der Waals surface area (Å²) in [6.07, 6.45) is 9.56. The molecule has 0 radical (unpaired) electrons. The summed E-state index contributed by atoms with van der Waals surface area (Å²) in [6, 6.07) is 0. The van der Waals surface area contributed by atoms with Crippen molar-refractivity contribution in [3.8, 4) is 0 Å². The van der Waals surface area contributed by atoms with Crippen LogP contribution in [0.25, 0.3) is 0 Å².